The highest BCUT2D eigenvalue weighted by Crippen LogP contribution is 2.28. The second-order valence-electron chi connectivity index (χ2n) is 7.84. The van der Waals surface area contributed by atoms with Crippen molar-refractivity contribution in [2.24, 2.45) is 0 Å². The van der Waals surface area contributed by atoms with Gasteiger partial charge in [-0.2, -0.15) is 0 Å². The zero-order valence-electron chi connectivity index (χ0n) is 18.3. The predicted molar refractivity (Wildman–Crippen MR) is 129 cm³/mol. The molecule has 0 bridgehead atoms. The van der Waals surface area contributed by atoms with Crippen LogP contribution in [0.1, 0.15) is 5.56 Å². The molecule has 170 valence electrons. The van der Waals surface area contributed by atoms with Crippen LogP contribution in [0, 0.1) is 0 Å². The number of hydrogen-bond donors (Lipinski definition) is 3. The zero-order valence-corrected chi connectivity index (χ0v) is 18.3. The summed E-state index contributed by atoms with van der Waals surface area (Å²) in [4.78, 5) is 4.36. The zero-order chi connectivity index (χ0) is 22.9. The number of hydrogen-bond acceptors (Lipinski definition) is 6. The van der Waals surface area contributed by atoms with E-state index in [1.807, 2.05) is 84.9 Å². The summed E-state index contributed by atoms with van der Waals surface area (Å²) in [6.45, 7) is 0.479. The van der Waals surface area contributed by atoms with E-state index in [1.165, 1.54) is 0 Å². The molecule has 2 atom stereocenters. The maximum Gasteiger partial charge on any atom is 0.138 e. The Labute approximate surface area is 193 Å². The van der Waals surface area contributed by atoms with E-state index in [4.69, 9.17) is 9.47 Å². The largest absolute Gasteiger partial charge is 0.491 e. The molecule has 4 rings (SSSR count). The summed E-state index contributed by atoms with van der Waals surface area (Å²) >= 11 is 0. The van der Waals surface area contributed by atoms with Gasteiger partial charge >= 0.3 is 0 Å². The molecule has 0 amide bonds. The SMILES string of the molecule is OC[C@H](Cc1ccc(Oc2ccnc3ccccc23)cc1)NCC(O)COc1ccccc1. The third kappa shape index (κ3) is 6.52. The Balaban J connectivity index is 1.28. The molecule has 0 aliphatic rings. The minimum atomic E-state index is -0.676. The molecule has 4 aromatic rings. The molecule has 6 heteroatoms. The van der Waals surface area contributed by atoms with Gasteiger partial charge in [0.2, 0.25) is 0 Å². The van der Waals surface area contributed by atoms with Gasteiger partial charge in [-0.1, -0.05) is 42.5 Å². The number of para-hydroxylation sites is 2. The van der Waals surface area contributed by atoms with Crippen LogP contribution in [0.5, 0.6) is 17.2 Å². The molecule has 0 aliphatic heterocycles. The van der Waals surface area contributed by atoms with E-state index >= 15 is 0 Å². The maximum atomic E-state index is 10.2. The molecule has 6 nitrogen and oxygen atoms in total. The van der Waals surface area contributed by atoms with Crippen molar-refractivity contribution >= 4 is 10.9 Å². The van der Waals surface area contributed by atoms with Gasteiger partial charge in [0.25, 0.3) is 0 Å². The van der Waals surface area contributed by atoms with Gasteiger partial charge in [-0.3, -0.25) is 4.98 Å². The van der Waals surface area contributed by atoms with Crippen LogP contribution in [0.2, 0.25) is 0 Å². The Kier molecular flexibility index (Phi) is 7.87. The van der Waals surface area contributed by atoms with E-state index in [9.17, 15) is 10.2 Å². The Morgan fingerprint density at radius 2 is 1.61 bits per heavy atom. The predicted octanol–water partition coefficient (Wildman–Crippen LogP) is 3.96. The molecule has 1 aromatic heterocycles. The van der Waals surface area contributed by atoms with E-state index < -0.39 is 6.10 Å². The molecule has 0 saturated heterocycles. The first-order valence-corrected chi connectivity index (χ1v) is 11.0. The summed E-state index contributed by atoms with van der Waals surface area (Å²) in [7, 11) is 0. The molecule has 0 radical (unpaired) electrons. The molecule has 33 heavy (non-hydrogen) atoms. The van der Waals surface area contributed by atoms with Crippen molar-refractivity contribution in [2.45, 2.75) is 18.6 Å². The van der Waals surface area contributed by atoms with Gasteiger partial charge in [-0.15, -0.1) is 0 Å². The molecular formula is C27H28N2O4. The van der Waals surface area contributed by atoms with E-state index in [1.54, 1.807) is 6.20 Å². The summed E-state index contributed by atoms with van der Waals surface area (Å²) in [5.41, 5.74) is 1.95. The highest BCUT2D eigenvalue weighted by atomic mass is 16.5. The highest BCUT2D eigenvalue weighted by molar-refractivity contribution is 5.84. The third-order valence-corrected chi connectivity index (χ3v) is 5.29. The van der Waals surface area contributed by atoms with Crippen molar-refractivity contribution in [1.82, 2.24) is 10.3 Å². The average molecular weight is 445 g/mol. The normalized spacial score (nSPS) is 12.9. The van der Waals surface area contributed by atoms with Crippen molar-refractivity contribution in [3.05, 3.63) is 96.7 Å². The number of aliphatic hydroxyl groups excluding tert-OH is 2. The molecular weight excluding hydrogens is 416 g/mol. The summed E-state index contributed by atoms with van der Waals surface area (Å²) in [5, 5.41) is 24.1. The van der Waals surface area contributed by atoms with E-state index in [2.05, 4.69) is 10.3 Å². The lowest BCUT2D eigenvalue weighted by Gasteiger charge is -2.19. The standard InChI is InChI=1S/C27H28N2O4/c30-18-21(29-17-22(31)19-32-23-6-2-1-3-7-23)16-20-10-12-24(13-11-20)33-27-14-15-28-26-9-5-4-8-25(26)27/h1-15,21-22,29-31H,16-19H2/t21-,22?/m0/s1. The Morgan fingerprint density at radius 1 is 0.848 bits per heavy atom. The monoisotopic (exact) mass is 444 g/mol. The summed E-state index contributed by atoms with van der Waals surface area (Å²) in [6, 6.07) is 26.7. The van der Waals surface area contributed by atoms with Crippen molar-refractivity contribution in [1.29, 1.82) is 0 Å². The molecule has 1 heterocycles. The summed E-state index contributed by atoms with van der Waals surface area (Å²) < 4.78 is 11.6. The Bertz CT molecular complexity index is 1130. The highest BCUT2D eigenvalue weighted by Gasteiger charge is 2.12. The first kappa shape index (κ1) is 22.7. The van der Waals surface area contributed by atoms with Gasteiger partial charge in [0, 0.05) is 24.2 Å². The van der Waals surface area contributed by atoms with Crippen LogP contribution in [0.25, 0.3) is 10.9 Å². The molecule has 0 fully saturated rings. The smallest absolute Gasteiger partial charge is 0.138 e. The van der Waals surface area contributed by atoms with Crippen LogP contribution >= 0.6 is 0 Å². The van der Waals surface area contributed by atoms with E-state index in [0.717, 1.165) is 33.7 Å². The molecule has 0 saturated carbocycles. The van der Waals surface area contributed by atoms with Gasteiger partial charge in [0.05, 0.1) is 12.1 Å². The fraction of sp³-hybridized carbons (Fsp3) is 0.222. The number of nitrogens with zero attached hydrogens (tertiary/aromatic N) is 1. The number of aromatic nitrogens is 1. The lowest BCUT2D eigenvalue weighted by Crippen LogP contribution is -2.41. The first-order chi connectivity index (χ1) is 16.2. The van der Waals surface area contributed by atoms with Gasteiger partial charge in [0.15, 0.2) is 0 Å². The topological polar surface area (TPSA) is 83.8 Å². The summed E-state index contributed by atoms with van der Waals surface area (Å²) in [5.74, 6) is 2.21. The fourth-order valence-corrected chi connectivity index (χ4v) is 3.54. The van der Waals surface area contributed by atoms with Crippen molar-refractivity contribution < 1.29 is 19.7 Å². The number of fused-ring (bicyclic) bond motifs is 1. The number of benzene rings is 3. The van der Waals surface area contributed by atoms with Crippen molar-refractivity contribution in [3.63, 3.8) is 0 Å². The minimum absolute atomic E-state index is 0.0342. The van der Waals surface area contributed by atoms with Gasteiger partial charge in [-0.05, 0) is 54.4 Å². The molecule has 0 aliphatic carbocycles. The average Bonchev–Trinajstić information content (AvgIpc) is 2.87. The number of nitrogens with one attached hydrogen (secondary N) is 1. The quantitative estimate of drug-likeness (QED) is 0.325. The van der Waals surface area contributed by atoms with Gasteiger partial charge in [-0.25, -0.2) is 0 Å². The second-order valence-corrected chi connectivity index (χ2v) is 7.84. The number of rotatable bonds is 11. The van der Waals surface area contributed by atoms with Crippen LogP contribution in [0.3, 0.4) is 0 Å². The van der Waals surface area contributed by atoms with Crippen LogP contribution in [-0.2, 0) is 6.42 Å². The van der Waals surface area contributed by atoms with E-state index in [0.29, 0.717) is 13.0 Å². The minimum Gasteiger partial charge on any atom is -0.491 e. The number of pyridine rings is 1. The van der Waals surface area contributed by atoms with Crippen LogP contribution in [-0.4, -0.2) is 47.1 Å². The second kappa shape index (κ2) is 11.4. The van der Waals surface area contributed by atoms with Crippen LogP contribution in [0.4, 0.5) is 0 Å². The molecule has 3 aromatic carbocycles. The van der Waals surface area contributed by atoms with Gasteiger partial charge in [0.1, 0.15) is 30.0 Å². The lowest BCUT2D eigenvalue weighted by atomic mass is 10.1. The molecule has 3 N–H and O–H groups in total. The lowest BCUT2D eigenvalue weighted by molar-refractivity contribution is 0.0997. The van der Waals surface area contributed by atoms with Crippen LogP contribution < -0.4 is 14.8 Å². The van der Waals surface area contributed by atoms with Crippen molar-refractivity contribution in [3.8, 4) is 17.2 Å². The maximum absolute atomic E-state index is 10.2. The number of aliphatic hydroxyl groups is 2. The fourth-order valence-electron chi connectivity index (χ4n) is 3.54. The van der Waals surface area contributed by atoms with Crippen LogP contribution in [0.15, 0.2) is 91.1 Å². The third-order valence-electron chi connectivity index (χ3n) is 5.29. The van der Waals surface area contributed by atoms with Crippen molar-refractivity contribution in [2.75, 3.05) is 19.8 Å². The molecule has 1 unspecified atom stereocenters. The Morgan fingerprint density at radius 3 is 2.39 bits per heavy atom. The first-order valence-electron chi connectivity index (χ1n) is 11.0. The van der Waals surface area contributed by atoms with E-state index in [-0.39, 0.29) is 19.3 Å². The Hall–Kier alpha value is -3.45. The number of ether oxygens (including phenoxy) is 2. The summed E-state index contributed by atoms with van der Waals surface area (Å²) in [6.07, 6.45) is 1.69. The molecule has 0 spiro atoms. The van der Waals surface area contributed by atoms with Gasteiger partial charge < -0.3 is 25.0 Å².